The standard InChI is InChI=1S/C12H9NO3/c1-6-2-3-10-7(4-6)8-5-9(12(14)15)13-11(8)16-10/h2-5,13H,1H3,(H,14,15). The maximum atomic E-state index is 10.8. The van der Waals surface area contributed by atoms with Gasteiger partial charge in [-0.25, -0.2) is 4.79 Å². The lowest BCUT2D eigenvalue weighted by atomic mass is 10.1. The second-order valence-corrected chi connectivity index (χ2v) is 3.83. The van der Waals surface area contributed by atoms with E-state index in [4.69, 9.17) is 9.52 Å². The highest BCUT2D eigenvalue weighted by Gasteiger charge is 2.13. The third-order valence-corrected chi connectivity index (χ3v) is 2.65. The molecule has 0 saturated carbocycles. The Morgan fingerprint density at radius 3 is 2.88 bits per heavy atom. The van der Waals surface area contributed by atoms with Crippen LogP contribution in [0, 0.1) is 6.92 Å². The van der Waals surface area contributed by atoms with Gasteiger partial charge in [0.1, 0.15) is 11.3 Å². The number of hydrogen-bond acceptors (Lipinski definition) is 2. The summed E-state index contributed by atoms with van der Waals surface area (Å²) in [5.41, 5.74) is 2.55. The molecule has 0 aliphatic carbocycles. The van der Waals surface area contributed by atoms with E-state index in [0.29, 0.717) is 5.71 Å². The monoisotopic (exact) mass is 215 g/mol. The molecule has 0 fully saturated rings. The van der Waals surface area contributed by atoms with E-state index in [0.717, 1.165) is 21.9 Å². The van der Waals surface area contributed by atoms with Crippen molar-refractivity contribution in [1.82, 2.24) is 4.98 Å². The molecule has 2 aromatic heterocycles. The van der Waals surface area contributed by atoms with Crippen molar-refractivity contribution in [1.29, 1.82) is 0 Å². The Kier molecular flexibility index (Phi) is 1.63. The number of rotatable bonds is 1. The first-order valence-corrected chi connectivity index (χ1v) is 4.90. The van der Waals surface area contributed by atoms with Crippen LogP contribution in [0.4, 0.5) is 0 Å². The van der Waals surface area contributed by atoms with Crippen LogP contribution in [0.25, 0.3) is 22.1 Å². The lowest BCUT2D eigenvalue weighted by Crippen LogP contribution is -1.94. The van der Waals surface area contributed by atoms with Gasteiger partial charge in [0.05, 0.1) is 0 Å². The molecular weight excluding hydrogens is 206 g/mol. The quantitative estimate of drug-likeness (QED) is 0.655. The van der Waals surface area contributed by atoms with E-state index in [1.54, 1.807) is 6.07 Å². The molecule has 0 saturated heterocycles. The largest absolute Gasteiger partial charge is 0.477 e. The summed E-state index contributed by atoms with van der Waals surface area (Å²) >= 11 is 0. The van der Waals surface area contributed by atoms with E-state index in [2.05, 4.69) is 4.98 Å². The predicted molar refractivity (Wildman–Crippen MR) is 59.8 cm³/mol. The molecule has 0 aliphatic rings. The molecule has 0 amide bonds. The number of aryl methyl sites for hydroxylation is 1. The van der Waals surface area contributed by atoms with Crippen LogP contribution >= 0.6 is 0 Å². The van der Waals surface area contributed by atoms with Gasteiger partial charge in [-0.2, -0.15) is 0 Å². The fraction of sp³-hybridized carbons (Fsp3) is 0.0833. The Balaban J connectivity index is 2.40. The number of aromatic amines is 1. The van der Waals surface area contributed by atoms with Crippen molar-refractivity contribution in [2.24, 2.45) is 0 Å². The normalized spacial score (nSPS) is 11.3. The van der Waals surface area contributed by atoms with Gasteiger partial charge in [-0.15, -0.1) is 0 Å². The zero-order valence-corrected chi connectivity index (χ0v) is 8.57. The second kappa shape index (κ2) is 2.88. The number of aromatic carboxylic acids is 1. The number of carboxylic acids is 1. The van der Waals surface area contributed by atoms with Gasteiger partial charge in [-0.3, -0.25) is 0 Å². The zero-order chi connectivity index (χ0) is 11.3. The number of aromatic nitrogens is 1. The maximum Gasteiger partial charge on any atom is 0.352 e. The minimum atomic E-state index is -0.979. The summed E-state index contributed by atoms with van der Waals surface area (Å²) in [5, 5.41) is 10.6. The molecule has 0 spiro atoms. The number of furan rings is 1. The molecule has 0 aliphatic heterocycles. The van der Waals surface area contributed by atoms with Crippen LogP contribution in [-0.4, -0.2) is 16.1 Å². The summed E-state index contributed by atoms with van der Waals surface area (Å²) in [5.74, 6) is -0.979. The summed E-state index contributed by atoms with van der Waals surface area (Å²) < 4.78 is 5.52. The van der Waals surface area contributed by atoms with Gasteiger partial charge in [0.15, 0.2) is 0 Å². The Morgan fingerprint density at radius 2 is 2.12 bits per heavy atom. The van der Waals surface area contributed by atoms with Crippen LogP contribution < -0.4 is 0 Å². The summed E-state index contributed by atoms with van der Waals surface area (Å²) in [4.78, 5) is 13.5. The average molecular weight is 215 g/mol. The number of hydrogen-bond donors (Lipinski definition) is 2. The van der Waals surface area contributed by atoms with Crippen molar-refractivity contribution in [2.45, 2.75) is 6.92 Å². The van der Waals surface area contributed by atoms with Crippen LogP contribution in [0.2, 0.25) is 0 Å². The fourth-order valence-electron chi connectivity index (χ4n) is 1.88. The van der Waals surface area contributed by atoms with Gasteiger partial charge in [-0.1, -0.05) is 11.6 Å². The first-order valence-electron chi connectivity index (χ1n) is 4.90. The van der Waals surface area contributed by atoms with E-state index < -0.39 is 5.97 Å². The molecule has 4 nitrogen and oxygen atoms in total. The van der Waals surface area contributed by atoms with Crippen LogP contribution in [0.5, 0.6) is 0 Å². The number of H-pyrrole nitrogens is 1. The molecule has 1 aromatic carbocycles. The summed E-state index contributed by atoms with van der Waals surface area (Å²) in [7, 11) is 0. The van der Waals surface area contributed by atoms with Gasteiger partial charge in [-0.05, 0) is 25.1 Å². The highest BCUT2D eigenvalue weighted by Crippen LogP contribution is 2.29. The first-order chi connectivity index (χ1) is 7.65. The highest BCUT2D eigenvalue weighted by atomic mass is 16.4. The maximum absolute atomic E-state index is 10.8. The van der Waals surface area contributed by atoms with E-state index in [-0.39, 0.29) is 5.69 Å². The summed E-state index contributed by atoms with van der Waals surface area (Å²) in [6.07, 6.45) is 0. The third kappa shape index (κ3) is 1.13. The van der Waals surface area contributed by atoms with Gasteiger partial charge < -0.3 is 14.5 Å². The number of fused-ring (bicyclic) bond motifs is 3. The SMILES string of the molecule is Cc1ccc2oc3[nH]c(C(=O)O)cc3c2c1. The van der Waals surface area contributed by atoms with Crippen molar-refractivity contribution < 1.29 is 14.3 Å². The molecule has 0 bridgehead atoms. The lowest BCUT2D eigenvalue weighted by Gasteiger charge is -1.91. The molecule has 0 unspecified atom stereocenters. The second-order valence-electron chi connectivity index (χ2n) is 3.83. The van der Waals surface area contributed by atoms with E-state index in [1.807, 2.05) is 25.1 Å². The number of carboxylic acid groups (broad SMARTS) is 1. The van der Waals surface area contributed by atoms with Crippen molar-refractivity contribution in [3.8, 4) is 0 Å². The van der Waals surface area contributed by atoms with Crippen molar-refractivity contribution in [3.63, 3.8) is 0 Å². The summed E-state index contributed by atoms with van der Waals surface area (Å²) in [6, 6.07) is 7.44. The highest BCUT2D eigenvalue weighted by molar-refractivity contribution is 6.07. The van der Waals surface area contributed by atoms with Crippen molar-refractivity contribution in [2.75, 3.05) is 0 Å². The van der Waals surface area contributed by atoms with Crippen molar-refractivity contribution >= 4 is 28.0 Å². The third-order valence-electron chi connectivity index (χ3n) is 2.65. The predicted octanol–water partition coefficient (Wildman–Crippen LogP) is 2.92. The van der Waals surface area contributed by atoms with Gasteiger partial charge in [0.25, 0.3) is 0 Å². The topological polar surface area (TPSA) is 66.2 Å². The van der Waals surface area contributed by atoms with E-state index in [1.165, 1.54) is 0 Å². The lowest BCUT2D eigenvalue weighted by molar-refractivity contribution is 0.0691. The first kappa shape index (κ1) is 9.03. The molecule has 3 aromatic rings. The molecule has 0 atom stereocenters. The molecule has 80 valence electrons. The fourth-order valence-corrected chi connectivity index (χ4v) is 1.88. The molecule has 3 rings (SSSR count). The van der Waals surface area contributed by atoms with Gasteiger partial charge in [0, 0.05) is 10.8 Å². The Labute approximate surface area is 90.5 Å². The number of carbonyl (C=O) groups is 1. The Bertz CT molecular complexity index is 706. The minimum absolute atomic E-state index is 0.150. The van der Waals surface area contributed by atoms with Crippen LogP contribution in [-0.2, 0) is 0 Å². The van der Waals surface area contributed by atoms with E-state index in [9.17, 15) is 4.79 Å². The van der Waals surface area contributed by atoms with Gasteiger partial charge >= 0.3 is 5.97 Å². The zero-order valence-electron chi connectivity index (χ0n) is 8.57. The average Bonchev–Trinajstić information content (AvgIpc) is 2.75. The Hall–Kier alpha value is -2.23. The van der Waals surface area contributed by atoms with E-state index >= 15 is 0 Å². The van der Waals surface area contributed by atoms with Crippen LogP contribution in [0.3, 0.4) is 0 Å². The molecule has 2 heterocycles. The van der Waals surface area contributed by atoms with Crippen molar-refractivity contribution in [3.05, 3.63) is 35.5 Å². The molecule has 4 heteroatoms. The van der Waals surface area contributed by atoms with Gasteiger partial charge in [0.2, 0.25) is 5.71 Å². The smallest absolute Gasteiger partial charge is 0.352 e. The number of benzene rings is 1. The summed E-state index contributed by atoms with van der Waals surface area (Å²) in [6.45, 7) is 1.99. The molecule has 16 heavy (non-hydrogen) atoms. The molecular formula is C12H9NO3. The Morgan fingerprint density at radius 1 is 1.31 bits per heavy atom. The van der Waals surface area contributed by atoms with Crippen LogP contribution in [0.1, 0.15) is 16.1 Å². The minimum Gasteiger partial charge on any atom is -0.477 e. The number of nitrogens with one attached hydrogen (secondary N) is 1. The van der Waals surface area contributed by atoms with Crippen LogP contribution in [0.15, 0.2) is 28.7 Å². The molecule has 0 radical (unpaired) electrons. The molecule has 2 N–H and O–H groups in total.